The molecule has 0 aromatic heterocycles. The zero-order chi connectivity index (χ0) is 16.9. The molecule has 1 aliphatic carbocycles. The molecule has 1 aromatic carbocycles. The summed E-state index contributed by atoms with van der Waals surface area (Å²) in [5.41, 5.74) is 5.80. The largest absolute Gasteiger partial charge is 0.573 e. The van der Waals surface area contributed by atoms with Crippen molar-refractivity contribution >= 4 is 5.91 Å². The Bertz CT molecular complexity index is 528. The number of carbonyl (C=O) groups is 1. The molecule has 1 fully saturated rings. The molecule has 0 heterocycles. The smallest absolute Gasteiger partial charge is 0.405 e. The molecule has 0 spiro atoms. The van der Waals surface area contributed by atoms with Gasteiger partial charge in [-0.1, -0.05) is 31.0 Å². The van der Waals surface area contributed by atoms with Crippen molar-refractivity contribution in [3.63, 3.8) is 0 Å². The van der Waals surface area contributed by atoms with E-state index in [0.29, 0.717) is 5.56 Å². The molecule has 1 aliphatic rings. The molecule has 0 radical (unpaired) electrons. The summed E-state index contributed by atoms with van der Waals surface area (Å²) in [7, 11) is 0. The molecule has 2 N–H and O–H groups in total. The van der Waals surface area contributed by atoms with Crippen molar-refractivity contribution in [3.05, 3.63) is 29.8 Å². The minimum atomic E-state index is -4.75. The molecule has 0 unspecified atom stereocenters. The van der Waals surface area contributed by atoms with Gasteiger partial charge in [-0.15, -0.1) is 13.2 Å². The Balaban J connectivity index is 2.20. The van der Waals surface area contributed by atoms with Crippen LogP contribution >= 0.6 is 0 Å². The first kappa shape index (κ1) is 17.6. The Morgan fingerprint density at radius 1 is 1.26 bits per heavy atom. The molecular formula is C16H21F3N2O2. The molecular weight excluding hydrogens is 309 g/mol. The third kappa shape index (κ3) is 5.13. The van der Waals surface area contributed by atoms with Crippen molar-refractivity contribution in [2.75, 3.05) is 6.54 Å². The van der Waals surface area contributed by atoms with Crippen LogP contribution in [0.15, 0.2) is 24.3 Å². The van der Waals surface area contributed by atoms with E-state index in [4.69, 9.17) is 5.73 Å². The first-order valence-electron chi connectivity index (χ1n) is 7.74. The van der Waals surface area contributed by atoms with Gasteiger partial charge in [0.1, 0.15) is 5.75 Å². The number of hydrogen-bond acceptors (Lipinski definition) is 3. The number of nitrogens with zero attached hydrogens (tertiary/aromatic N) is 1. The van der Waals surface area contributed by atoms with Crippen LogP contribution in [0.1, 0.15) is 37.7 Å². The monoisotopic (exact) mass is 330 g/mol. The van der Waals surface area contributed by atoms with Gasteiger partial charge in [-0.05, 0) is 18.9 Å². The highest BCUT2D eigenvalue weighted by Gasteiger charge is 2.33. The molecule has 7 heteroatoms. The summed E-state index contributed by atoms with van der Waals surface area (Å²) in [5, 5.41) is 0. The zero-order valence-electron chi connectivity index (χ0n) is 12.8. The quantitative estimate of drug-likeness (QED) is 0.871. The molecule has 1 amide bonds. The lowest BCUT2D eigenvalue weighted by Gasteiger charge is -2.30. The zero-order valence-corrected chi connectivity index (χ0v) is 12.8. The second kappa shape index (κ2) is 7.68. The average Bonchev–Trinajstić information content (AvgIpc) is 2.98. The van der Waals surface area contributed by atoms with Gasteiger partial charge in [0.15, 0.2) is 0 Å². The van der Waals surface area contributed by atoms with Crippen LogP contribution in [0, 0.1) is 0 Å². The SMILES string of the molecule is NCCC(=O)N(Cc1ccccc1OC(F)(F)F)C1CCCC1. The first-order valence-corrected chi connectivity index (χ1v) is 7.74. The maximum atomic E-state index is 12.5. The van der Waals surface area contributed by atoms with Gasteiger partial charge in [0.05, 0.1) is 0 Å². The Kier molecular flexibility index (Phi) is 5.87. The topological polar surface area (TPSA) is 55.6 Å². The fourth-order valence-electron chi connectivity index (χ4n) is 2.95. The molecule has 0 atom stereocenters. The van der Waals surface area contributed by atoms with Gasteiger partial charge in [-0.3, -0.25) is 4.79 Å². The fourth-order valence-corrected chi connectivity index (χ4v) is 2.95. The number of amides is 1. The van der Waals surface area contributed by atoms with E-state index in [2.05, 4.69) is 4.74 Å². The second-order valence-electron chi connectivity index (χ2n) is 5.65. The van der Waals surface area contributed by atoms with Crippen molar-refractivity contribution in [1.29, 1.82) is 0 Å². The predicted octanol–water partition coefficient (Wildman–Crippen LogP) is 3.21. The number of halogens is 3. The number of hydrogen-bond donors (Lipinski definition) is 1. The van der Waals surface area contributed by atoms with Crippen molar-refractivity contribution in [2.45, 2.75) is 51.1 Å². The first-order chi connectivity index (χ1) is 10.9. The Hall–Kier alpha value is -1.76. The van der Waals surface area contributed by atoms with Crippen LogP contribution in [-0.4, -0.2) is 29.8 Å². The molecule has 0 saturated heterocycles. The van der Waals surface area contributed by atoms with Gasteiger partial charge >= 0.3 is 6.36 Å². The molecule has 4 nitrogen and oxygen atoms in total. The Labute approximate surface area is 133 Å². The third-order valence-electron chi connectivity index (χ3n) is 3.98. The number of nitrogens with two attached hydrogens (primary N) is 1. The summed E-state index contributed by atoms with van der Waals surface area (Å²) in [4.78, 5) is 14.0. The molecule has 23 heavy (non-hydrogen) atoms. The van der Waals surface area contributed by atoms with Crippen LogP contribution in [0.25, 0.3) is 0 Å². The Morgan fingerprint density at radius 2 is 1.91 bits per heavy atom. The number of benzene rings is 1. The normalized spacial score (nSPS) is 15.7. The van der Waals surface area contributed by atoms with Gasteiger partial charge in [-0.2, -0.15) is 0 Å². The van der Waals surface area contributed by atoms with Crippen molar-refractivity contribution in [1.82, 2.24) is 4.90 Å². The van der Waals surface area contributed by atoms with Gasteiger partial charge in [0.2, 0.25) is 5.91 Å². The maximum Gasteiger partial charge on any atom is 0.573 e. The van der Waals surface area contributed by atoms with E-state index in [1.807, 2.05) is 0 Å². The minimum Gasteiger partial charge on any atom is -0.405 e. The lowest BCUT2D eigenvalue weighted by atomic mass is 10.1. The number of alkyl halides is 3. The molecule has 1 saturated carbocycles. The molecule has 1 aromatic rings. The standard InChI is InChI=1S/C16H21F3N2O2/c17-16(18,19)23-14-8-4-1-5-12(14)11-21(15(22)9-10-20)13-6-2-3-7-13/h1,4-5,8,13H,2-3,6-7,9-11,20H2. The van der Waals surface area contributed by atoms with Crippen molar-refractivity contribution < 1.29 is 22.7 Å². The number of para-hydroxylation sites is 1. The highest BCUT2D eigenvalue weighted by Crippen LogP contribution is 2.30. The second-order valence-corrected chi connectivity index (χ2v) is 5.65. The van der Waals surface area contributed by atoms with E-state index >= 15 is 0 Å². The number of ether oxygens (including phenoxy) is 1. The van der Waals surface area contributed by atoms with Crippen molar-refractivity contribution in [3.8, 4) is 5.75 Å². The van der Waals surface area contributed by atoms with Gasteiger partial charge < -0.3 is 15.4 Å². The van der Waals surface area contributed by atoms with E-state index in [1.54, 1.807) is 17.0 Å². The van der Waals surface area contributed by atoms with Crippen LogP contribution in [0.3, 0.4) is 0 Å². The number of rotatable bonds is 6. The lowest BCUT2D eigenvalue weighted by Crippen LogP contribution is -2.39. The minimum absolute atomic E-state index is 0.0630. The van der Waals surface area contributed by atoms with Gasteiger partial charge in [0.25, 0.3) is 0 Å². The molecule has 0 bridgehead atoms. The van der Waals surface area contributed by atoms with Crippen LogP contribution in [0.4, 0.5) is 13.2 Å². The van der Waals surface area contributed by atoms with E-state index < -0.39 is 6.36 Å². The lowest BCUT2D eigenvalue weighted by molar-refractivity contribution is -0.275. The summed E-state index contributed by atoms with van der Waals surface area (Å²) in [6.07, 6.45) is -0.763. The van der Waals surface area contributed by atoms with Gasteiger partial charge in [-0.25, -0.2) is 0 Å². The van der Waals surface area contributed by atoms with Crippen LogP contribution < -0.4 is 10.5 Å². The average molecular weight is 330 g/mol. The van der Waals surface area contributed by atoms with Crippen LogP contribution in [0.2, 0.25) is 0 Å². The van der Waals surface area contributed by atoms with E-state index in [1.165, 1.54) is 12.1 Å². The summed E-state index contributed by atoms with van der Waals surface area (Å²) in [6, 6.07) is 6.00. The highest BCUT2D eigenvalue weighted by atomic mass is 19.4. The molecule has 2 rings (SSSR count). The summed E-state index contributed by atoms with van der Waals surface area (Å²) in [6.45, 7) is 0.332. The van der Waals surface area contributed by atoms with Crippen LogP contribution in [0.5, 0.6) is 5.75 Å². The van der Waals surface area contributed by atoms with E-state index in [9.17, 15) is 18.0 Å². The Morgan fingerprint density at radius 3 is 2.52 bits per heavy atom. The summed E-state index contributed by atoms with van der Waals surface area (Å²) >= 11 is 0. The highest BCUT2D eigenvalue weighted by molar-refractivity contribution is 5.76. The molecule has 128 valence electrons. The predicted molar refractivity (Wildman–Crippen MR) is 79.6 cm³/mol. The van der Waals surface area contributed by atoms with Crippen LogP contribution in [-0.2, 0) is 11.3 Å². The van der Waals surface area contributed by atoms with E-state index in [0.717, 1.165) is 25.7 Å². The summed E-state index contributed by atoms with van der Waals surface area (Å²) < 4.78 is 41.6. The van der Waals surface area contributed by atoms with E-state index in [-0.39, 0.29) is 37.2 Å². The fraction of sp³-hybridized carbons (Fsp3) is 0.562. The number of carbonyl (C=O) groups excluding carboxylic acids is 1. The van der Waals surface area contributed by atoms with Gasteiger partial charge in [0, 0.05) is 31.1 Å². The maximum absolute atomic E-state index is 12.5. The summed E-state index contributed by atoms with van der Waals surface area (Å²) in [5.74, 6) is -0.384. The molecule has 0 aliphatic heterocycles. The third-order valence-corrected chi connectivity index (χ3v) is 3.98. The van der Waals surface area contributed by atoms with Crippen molar-refractivity contribution in [2.24, 2.45) is 5.73 Å².